The maximum Gasteiger partial charge on any atom is 0.418 e. The number of nitrogens with zero attached hydrogens (tertiary/aromatic N) is 4. The number of fused-ring (bicyclic) bond motifs is 1. The van der Waals surface area contributed by atoms with Crippen LogP contribution in [0.1, 0.15) is 34.6 Å². The van der Waals surface area contributed by atoms with Crippen molar-refractivity contribution in [3.05, 3.63) is 53.1 Å². The second-order valence-electron chi connectivity index (χ2n) is 10.9. The fourth-order valence-corrected chi connectivity index (χ4v) is 5.57. The van der Waals surface area contributed by atoms with Gasteiger partial charge in [-0.15, -0.1) is 11.3 Å². The van der Waals surface area contributed by atoms with Crippen LogP contribution in [0.2, 0.25) is 4.34 Å². The molecule has 0 aliphatic carbocycles. The quantitative estimate of drug-likeness (QED) is 0.268. The number of aromatic nitrogens is 3. The van der Waals surface area contributed by atoms with Crippen LogP contribution in [0.4, 0.5) is 15.5 Å². The molecule has 5 rings (SSSR count). The van der Waals surface area contributed by atoms with Crippen LogP contribution in [-0.2, 0) is 9.53 Å². The van der Waals surface area contributed by atoms with E-state index in [4.69, 9.17) is 21.3 Å². The highest BCUT2D eigenvalue weighted by Crippen LogP contribution is 2.39. The van der Waals surface area contributed by atoms with Crippen molar-refractivity contribution in [2.45, 2.75) is 45.8 Å². The van der Waals surface area contributed by atoms with Gasteiger partial charge in [0.1, 0.15) is 11.1 Å². The summed E-state index contributed by atoms with van der Waals surface area (Å²) < 4.78 is 7.69. The number of urea groups is 1. The number of nitrogens with one attached hydrogen (secondary N) is 2. The number of carbonyl (C=O) groups is 3. The van der Waals surface area contributed by atoms with Gasteiger partial charge in [0, 0.05) is 36.4 Å². The zero-order valence-corrected chi connectivity index (χ0v) is 24.3. The molecule has 1 aliphatic rings. The molecule has 1 aromatic carbocycles. The molecule has 3 aromatic heterocycles. The van der Waals surface area contributed by atoms with Crippen LogP contribution in [-0.4, -0.2) is 61.7 Å². The lowest BCUT2D eigenvalue weighted by Gasteiger charge is -2.27. The first kappa shape index (κ1) is 27.6. The third-order valence-corrected chi connectivity index (χ3v) is 7.76. The first-order valence-electron chi connectivity index (χ1n) is 12.7. The summed E-state index contributed by atoms with van der Waals surface area (Å²) >= 11 is 7.67. The van der Waals surface area contributed by atoms with E-state index in [2.05, 4.69) is 15.6 Å². The molecule has 1 saturated heterocycles. The lowest BCUT2D eigenvalue weighted by molar-refractivity contribution is -0.125. The first-order valence-corrected chi connectivity index (χ1v) is 13.9. The molecular formula is C28H29ClN6O4S. The van der Waals surface area contributed by atoms with Crippen LogP contribution in [0.15, 0.2) is 48.8 Å². The number of hydrogen-bond acceptors (Lipinski definition) is 8. The highest BCUT2D eigenvalue weighted by Gasteiger charge is 2.45. The van der Waals surface area contributed by atoms with Gasteiger partial charge in [-0.3, -0.25) is 14.7 Å². The largest absolute Gasteiger partial charge is 0.443 e. The number of hydrogen-bond donors (Lipinski definition) is 2. The number of anilines is 1. The number of rotatable bonds is 6. The van der Waals surface area contributed by atoms with Crippen LogP contribution in [0.5, 0.6) is 0 Å². The maximum absolute atomic E-state index is 12.8. The van der Waals surface area contributed by atoms with Crippen molar-refractivity contribution in [3.63, 3.8) is 0 Å². The predicted molar refractivity (Wildman–Crippen MR) is 156 cm³/mol. The van der Waals surface area contributed by atoms with Gasteiger partial charge in [-0.25, -0.2) is 19.6 Å². The van der Waals surface area contributed by atoms with Gasteiger partial charge in [0.15, 0.2) is 0 Å². The number of halogens is 1. The fourth-order valence-electron chi connectivity index (χ4n) is 4.52. The summed E-state index contributed by atoms with van der Waals surface area (Å²) in [5, 5.41) is 6.36. The summed E-state index contributed by atoms with van der Waals surface area (Å²) in [5.41, 5.74) is 1.42. The van der Waals surface area contributed by atoms with E-state index in [9.17, 15) is 14.4 Å². The number of carbonyl (C=O) groups excluding carboxylic acids is 3. The Labute approximate surface area is 240 Å². The van der Waals surface area contributed by atoms with Gasteiger partial charge in [0.2, 0.25) is 5.95 Å². The SMILES string of the molecule is CC(C)(C)OC(=O)n1ccc2c(-c3cnc(NCCN4C(=O)NC(=O)C4(C)C)nc3-c3ccc(Cl)s3)cccc21. The van der Waals surface area contributed by atoms with Gasteiger partial charge < -0.3 is 15.0 Å². The molecule has 0 radical (unpaired) electrons. The van der Waals surface area contributed by atoms with Crippen molar-refractivity contribution in [3.8, 4) is 21.7 Å². The van der Waals surface area contributed by atoms with Gasteiger partial charge in [-0.05, 0) is 64.4 Å². The summed E-state index contributed by atoms with van der Waals surface area (Å²) in [6, 6.07) is 10.9. The van der Waals surface area contributed by atoms with Crippen LogP contribution in [0.3, 0.4) is 0 Å². The predicted octanol–water partition coefficient (Wildman–Crippen LogP) is 6.01. The lowest BCUT2D eigenvalue weighted by atomic mass is 10.0. The normalized spacial score (nSPS) is 15.0. The zero-order valence-electron chi connectivity index (χ0n) is 22.7. The molecule has 4 heterocycles. The fraction of sp³-hybridized carbons (Fsp3) is 0.321. The molecule has 3 amide bonds. The standard InChI is InChI=1S/C28H29ClN6O4S/c1-27(2,3)39-26(38)34-13-11-17-16(7-6-8-19(17)34)18-15-31-24(32-22(18)20-9-10-21(29)40-20)30-12-14-35-25(37)33-23(36)28(35,4)5/h6-11,13,15H,12,14H2,1-5H3,(H,30,31,32)(H,33,36,37). The monoisotopic (exact) mass is 580 g/mol. The maximum atomic E-state index is 12.8. The molecule has 4 aromatic rings. The van der Waals surface area contributed by atoms with Crippen molar-refractivity contribution in [1.82, 2.24) is 24.8 Å². The topological polar surface area (TPSA) is 118 Å². The molecule has 0 unspecified atom stereocenters. The molecule has 1 aliphatic heterocycles. The van der Waals surface area contributed by atoms with Crippen LogP contribution < -0.4 is 10.6 Å². The van der Waals surface area contributed by atoms with E-state index in [1.165, 1.54) is 20.8 Å². The van der Waals surface area contributed by atoms with E-state index in [1.807, 2.05) is 57.2 Å². The molecule has 0 spiro atoms. The van der Waals surface area contributed by atoms with E-state index in [0.717, 1.165) is 21.4 Å². The molecule has 0 bridgehead atoms. The van der Waals surface area contributed by atoms with E-state index >= 15 is 0 Å². The molecular weight excluding hydrogens is 552 g/mol. The molecule has 10 nitrogen and oxygen atoms in total. The van der Waals surface area contributed by atoms with E-state index < -0.39 is 23.3 Å². The highest BCUT2D eigenvalue weighted by molar-refractivity contribution is 7.19. The average Bonchev–Trinajstić information content (AvgIpc) is 3.55. The van der Waals surface area contributed by atoms with Gasteiger partial charge in [0.05, 0.1) is 20.4 Å². The van der Waals surface area contributed by atoms with Crippen LogP contribution >= 0.6 is 22.9 Å². The Hall–Kier alpha value is -3.96. The van der Waals surface area contributed by atoms with Crippen molar-refractivity contribution in [2.24, 2.45) is 0 Å². The Balaban J connectivity index is 1.48. The second-order valence-corrected chi connectivity index (χ2v) is 12.6. The highest BCUT2D eigenvalue weighted by atomic mass is 35.5. The van der Waals surface area contributed by atoms with Gasteiger partial charge in [-0.2, -0.15) is 0 Å². The molecule has 2 N–H and O–H groups in total. The van der Waals surface area contributed by atoms with Crippen LogP contribution in [0.25, 0.3) is 32.6 Å². The number of ether oxygens (including phenoxy) is 1. The minimum atomic E-state index is -0.934. The van der Waals surface area contributed by atoms with E-state index in [0.29, 0.717) is 28.0 Å². The Bertz CT molecular complexity index is 1640. The molecule has 0 atom stereocenters. The number of imide groups is 1. The summed E-state index contributed by atoms with van der Waals surface area (Å²) in [4.78, 5) is 48.8. The van der Waals surface area contributed by atoms with Crippen molar-refractivity contribution >= 4 is 57.8 Å². The number of amides is 3. The lowest BCUT2D eigenvalue weighted by Crippen LogP contribution is -2.46. The van der Waals surface area contributed by atoms with Gasteiger partial charge in [-0.1, -0.05) is 23.7 Å². The molecule has 12 heteroatoms. The summed E-state index contributed by atoms with van der Waals surface area (Å²) in [7, 11) is 0. The van der Waals surface area contributed by atoms with Gasteiger partial charge in [0.25, 0.3) is 5.91 Å². The summed E-state index contributed by atoms with van der Waals surface area (Å²) in [6.45, 7) is 9.51. The third-order valence-electron chi connectivity index (χ3n) is 6.52. The first-order chi connectivity index (χ1) is 18.8. The zero-order chi connectivity index (χ0) is 28.8. The Kier molecular flexibility index (Phi) is 7.05. The van der Waals surface area contributed by atoms with E-state index in [1.54, 1.807) is 26.2 Å². The summed E-state index contributed by atoms with van der Waals surface area (Å²) in [6.07, 6.45) is 2.97. The Morgan fingerprint density at radius 1 is 1.15 bits per heavy atom. The number of thiophene rings is 1. The van der Waals surface area contributed by atoms with Crippen molar-refractivity contribution < 1.29 is 19.1 Å². The minimum absolute atomic E-state index is 0.285. The Morgan fingerprint density at radius 2 is 1.93 bits per heavy atom. The average molecular weight is 581 g/mol. The van der Waals surface area contributed by atoms with Crippen molar-refractivity contribution in [2.75, 3.05) is 18.4 Å². The molecule has 0 saturated carbocycles. The van der Waals surface area contributed by atoms with Crippen molar-refractivity contribution in [1.29, 1.82) is 0 Å². The molecule has 1 fully saturated rings. The van der Waals surface area contributed by atoms with Crippen LogP contribution in [0, 0.1) is 0 Å². The minimum Gasteiger partial charge on any atom is -0.443 e. The van der Waals surface area contributed by atoms with Gasteiger partial charge >= 0.3 is 12.1 Å². The number of benzene rings is 1. The second kappa shape index (κ2) is 10.2. The summed E-state index contributed by atoms with van der Waals surface area (Å²) in [5.74, 6) is 0.0372. The van der Waals surface area contributed by atoms with E-state index in [-0.39, 0.29) is 12.5 Å². The Morgan fingerprint density at radius 3 is 2.58 bits per heavy atom. The molecule has 208 valence electrons. The smallest absolute Gasteiger partial charge is 0.418 e. The molecule has 40 heavy (non-hydrogen) atoms. The third kappa shape index (κ3) is 5.26.